The summed E-state index contributed by atoms with van der Waals surface area (Å²) >= 11 is 9.33. The number of nitrogens with zero attached hydrogens (tertiary/aromatic N) is 1. The van der Waals surface area contributed by atoms with Crippen molar-refractivity contribution < 1.29 is 0 Å². The van der Waals surface area contributed by atoms with E-state index in [4.69, 9.17) is 17.3 Å². The van der Waals surface area contributed by atoms with Crippen LogP contribution in [0.3, 0.4) is 0 Å². The Hall–Kier alpha value is -0.540. The van der Waals surface area contributed by atoms with Gasteiger partial charge in [0.25, 0.3) is 0 Å². The van der Waals surface area contributed by atoms with Gasteiger partial charge in [-0.05, 0) is 47.5 Å². The van der Waals surface area contributed by atoms with Crippen molar-refractivity contribution >= 4 is 39.1 Å². The van der Waals surface area contributed by atoms with Crippen molar-refractivity contribution in [2.24, 2.45) is 10.7 Å². The zero-order valence-electron chi connectivity index (χ0n) is 7.44. The highest BCUT2D eigenvalue weighted by Crippen LogP contribution is 2.31. The smallest absolute Gasteiger partial charge is 0.0965 e. The second-order valence-electron chi connectivity index (χ2n) is 2.81. The number of hydrogen-bond donors (Lipinski definition) is 1. The third-order valence-corrected chi connectivity index (χ3v) is 2.57. The second kappa shape index (κ2) is 4.11. The van der Waals surface area contributed by atoms with Crippen LogP contribution in [0, 0.1) is 6.92 Å². The maximum absolute atomic E-state index is 5.94. The van der Waals surface area contributed by atoms with Gasteiger partial charge in [-0.1, -0.05) is 11.6 Å². The van der Waals surface area contributed by atoms with Gasteiger partial charge < -0.3 is 5.73 Å². The molecule has 0 atom stereocenters. The van der Waals surface area contributed by atoms with Crippen molar-refractivity contribution in [2.45, 2.75) is 13.8 Å². The molecule has 4 heteroatoms. The Labute approximate surface area is 90.9 Å². The van der Waals surface area contributed by atoms with Crippen LogP contribution in [0.15, 0.2) is 21.6 Å². The van der Waals surface area contributed by atoms with Crippen molar-refractivity contribution in [1.82, 2.24) is 0 Å². The molecule has 1 aromatic rings. The van der Waals surface area contributed by atoms with Crippen LogP contribution < -0.4 is 5.73 Å². The predicted molar refractivity (Wildman–Crippen MR) is 60.8 cm³/mol. The Bertz CT molecular complexity index is 357. The van der Waals surface area contributed by atoms with Gasteiger partial charge in [0.15, 0.2) is 0 Å². The summed E-state index contributed by atoms with van der Waals surface area (Å²) in [5.74, 6) is 0.514. The molecule has 0 aliphatic carbocycles. The Balaban J connectivity index is 3.24. The minimum absolute atomic E-state index is 0.514. The first-order valence-corrected chi connectivity index (χ1v) is 4.94. The Morgan fingerprint density at radius 3 is 2.69 bits per heavy atom. The lowest BCUT2D eigenvalue weighted by atomic mass is 10.2. The number of aryl methyl sites for hydroxylation is 1. The van der Waals surface area contributed by atoms with E-state index in [9.17, 15) is 0 Å². The zero-order valence-corrected chi connectivity index (χ0v) is 9.78. The van der Waals surface area contributed by atoms with Crippen molar-refractivity contribution in [3.8, 4) is 0 Å². The molecule has 1 aromatic carbocycles. The van der Waals surface area contributed by atoms with E-state index in [1.54, 1.807) is 13.0 Å². The number of nitrogens with two attached hydrogens (primary N) is 1. The monoisotopic (exact) mass is 260 g/mol. The molecule has 0 unspecified atom stereocenters. The van der Waals surface area contributed by atoms with Gasteiger partial charge >= 0.3 is 0 Å². The molecule has 0 fully saturated rings. The molecule has 0 bridgehead atoms. The molecule has 0 spiro atoms. The van der Waals surface area contributed by atoms with E-state index in [-0.39, 0.29) is 0 Å². The molecule has 70 valence electrons. The number of hydrogen-bond acceptors (Lipinski definition) is 1. The maximum atomic E-state index is 5.94. The fourth-order valence-electron chi connectivity index (χ4n) is 0.911. The fourth-order valence-corrected chi connectivity index (χ4v) is 1.62. The van der Waals surface area contributed by atoms with Crippen LogP contribution in [0.4, 0.5) is 5.69 Å². The van der Waals surface area contributed by atoms with Crippen LogP contribution in [0.2, 0.25) is 5.02 Å². The molecule has 13 heavy (non-hydrogen) atoms. The number of aliphatic imine (C=N–C) groups is 1. The fraction of sp³-hybridized carbons (Fsp3) is 0.222. The highest BCUT2D eigenvalue weighted by molar-refractivity contribution is 9.10. The largest absolute Gasteiger partial charge is 0.387 e. The second-order valence-corrected chi connectivity index (χ2v) is 4.07. The molecule has 2 nitrogen and oxygen atoms in total. The lowest BCUT2D eigenvalue weighted by Crippen LogP contribution is -2.03. The maximum Gasteiger partial charge on any atom is 0.0965 e. The predicted octanol–water partition coefficient (Wildman–Crippen LogP) is 3.42. The number of benzene rings is 1. The van der Waals surface area contributed by atoms with Gasteiger partial charge in [0.1, 0.15) is 0 Å². The average molecular weight is 262 g/mol. The lowest BCUT2D eigenvalue weighted by Gasteiger charge is -2.03. The lowest BCUT2D eigenvalue weighted by molar-refractivity contribution is 1.38. The highest BCUT2D eigenvalue weighted by atomic mass is 79.9. The van der Waals surface area contributed by atoms with Crippen molar-refractivity contribution in [3.05, 3.63) is 27.2 Å². The molecule has 0 radical (unpaired) electrons. The minimum atomic E-state index is 0.514. The minimum Gasteiger partial charge on any atom is -0.387 e. The van der Waals surface area contributed by atoms with Crippen molar-refractivity contribution in [3.63, 3.8) is 0 Å². The van der Waals surface area contributed by atoms with E-state index in [1.165, 1.54) is 0 Å². The van der Waals surface area contributed by atoms with Crippen molar-refractivity contribution in [1.29, 1.82) is 0 Å². The Morgan fingerprint density at radius 1 is 1.54 bits per heavy atom. The third kappa shape index (κ3) is 2.71. The van der Waals surface area contributed by atoms with Gasteiger partial charge in [-0.25, -0.2) is 4.99 Å². The molecule has 2 N–H and O–H groups in total. The first-order valence-electron chi connectivity index (χ1n) is 3.77. The first-order chi connectivity index (χ1) is 6.00. The Morgan fingerprint density at radius 2 is 2.15 bits per heavy atom. The average Bonchev–Trinajstić information content (AvgIpc) is 1.99. The van der Waals surface area contributed by atoms with Crippen LogP contribution >= 0.6 is 27.5 Å². The number of rotatable bonds is 1. The van der Waals surface area contributed by atoms with Crippen LogP contribution in [-0.4, -0.2) is 5.84 Å². The van der Waals surface area contributed by atoms with E-state index < -0.39 is 0 Å². The quantitative estimate of drug-likeness (QED) is 0.610. The molecule has 0 saturated carbocycles. The van der Waals surface area contributed by atoms with Crippen LogP contribution in [0.5, 0.6) is 0 Å². The summed E-state index contributed by atoms with van der Waals surface area (Å²) in [7, 11) is 0. The molecule has 0 aliphatic rings. The third-order valence-electron chi connectivity index (χ3n) is 1.52. The molecule has 0 amide bonds. The number of amidine groups is 1. The molecule has 0 aliphatic heterocycles. The van der Waals surface area contributed by atoms with E-state index in [0.717, 1.165) is 15.7 Å². The normalized spacial score (nSPS) is 11.8. The van der Waals surface area contributed by atoms with E-state index in [2.05, 4.69) is 20.9 Å². The molecular weight excluding hydrogens is 251 g/mol. The SMILES string of the molecule is CC(N)=Nc1cc(Cl)c(C)cc1Br. The summed E-state index contributed by atoms with van der Waals surface area (Å²) in [6.07, 6.45) is 0. The van der Waals surface area contributed by atoms with Gasteiger partial charge in [-0.2, -0.15) is 0 Å². The van der Waals surface area contributed by atoms with Crippen molar-refractivity contribution in [2.75, 3.05) is 0 Å². The molecule has 0 saturated heterocycles. The van der Waals surface area contributed by atoms with Gasteiger partial charge in [-0.15, -0.1) is 0 Å². The van der Waals surface area contributed by atoms with E-state index >= 15 is 0 Å². The highest BCUT2D eigenvalue weighted by Gasteiger charge is 2.02. The molecule has 0 aromatic heterocycles. The molecule has 1 rings (SSSR count). The summed E-state index contributed by atoms with van der Waals surface area (Å²) in [6, 6.07) is 3.71. The summed E-state index contributed by atoms with van der Waals surface area (Å²) in [4.78, 5) is 4.12. The summed E-state index contributed by atoms with van der Waals surface area (Å²) < 4.78 is 0.902. The van der Waals surface area contributed by atoms with Gasteiger partial charge in [0, 0.05) is 9.50 Å². The molecule has 0 heterocycles. The topological polar surface area (TPSA) is 38.4 Å². The van der Waals surface area contributed by atoms with E-state index in [1.807, 2.05) is 13.0 Å². The number of halogens is 2. The summed E-state index contributed by atoms with van der Waals surface area (Å²) in [5.41, 5.74) is 7.24. The van der Waals surface area contributed by atoms with Gasteiger partial charge in [0.05, 0.1) is 11.5 Å². The van der Waals surface area contributed by atoms with Crippen LogP contribution in [-0.2, 0) is 0 Å². The zero-order chi connectivity index (χ0) is 10.0. The van der Waals surface area contributed by atoms with Crippen LogP contribution in [0.25, 0.3) is 0 Å². The summed E-state index contributed by atoms with van der Waals surface area (Å²) in [5, 5.41) is 0.697. The van der Waals surface area contributed by atoms with Gasteiger partial charge in [0.2, 0.25) is 0 Å². The van der Waals surface area contributed by atoms with Gasteiger partial charge in [-0.3, -0.25) is 0 Å². The Kier molecular flexibility index (Phi) is 3.33. The van der Waals surface area contributed by atoms with E-state index in [0.29, 0.717) is 10.9 Å². The standard InChI is InChI=1S/C9H10BrClN2/c1-5-3-7(10)9(4-8(5)11)13-6(2)12/h3-4H,1-2H3,(H2,12,13). The summed E-state index contributed by atoms with van der Waals surface area (Å²) in [6.45, 7) is 3.68. The van der Waals surface area contributed by atoms with Crippen LogP contribution in [0.1, 0.15) is 12.5 Å². The first kappa shape index (κ1) is 10.5. The molecular formula is C9H10BrClN2.